The maximum atomic E-state index is 10.8. The van der Waals surface area contributed by atoms with E-state index in [1.165, 1.54) is 12.1 Å². The van der Waals surface area contributed by atoms with Crippen LogP contribution in [0.5, 0.6) is 0 Å². The summed E-state index contributed by atoms with van der Waals surface area (Å²) >= 11 is 0. The van der Waals surface area contributed by atoms with E-state index in [9.17, 15) is 10.1 Å². The van der Waals surface area contributed by atoms with E-state index in [0.29, 0.717) is 17.3 Å². The maximum Gasteiger partial charge on any atom is 0.270 e. The highest BCUT2D eigenvalue weighted by atomic mass is 16.6. The minimum Gasteiger partial charge on any atom is -0.317 e. The Kier molecular flexibility index (Phi) is 4.99. The highest BCUT2D eigenvalue weighted by Gasteiger charge is 2.11. The summed E-state index contributed by atoms with van der Waals surface area (Å²) < 4.78 is 1.77. The fourth-order valence-electron chi connectivity index (χ4n) is 2.05. The summed E-state index contributed by atoms with van der Waals surface area (Å²) in [4.78, 5) is 14.6. The lowest BCUT2D eigenvalue weighted by molar-refractivity contribution is -0.384. The SMILES string of the molecule is CCNCC(C)Cn1cnc(-c2cccc([N+](=O)[O-])c2)n1. The second-order valence-corrected chi connectivity index (χ2v) is 5.01. The Morgan fingerprint density at radius 2 is 2.29 bits per heavy atom. The molecule has 0 spiro atoms. The van der Waals surface area contributed by atoms with Crippen LogP contribution in [0, 0.1) is 16.0 Å². The average Bonchev–Trinajstić information content (AvgIpc) is 2.93. The van der Waals surface area contributed by atoms with E-state index in [4.69, 9.17) is 0 Å². The number of non-ortho nitro benzene ring substituents is 1. The third kappa shape index (κ3) is 4.09. The van der Waals surface area contributed by atoms with Crippen LogP contribution in [-0.4, -0.2) is 32.8 Å². The third-order valence-corrected chi connectivity index (χ3v) is 3.09. The monoisotopic (exact) mass is 289 g/mol. The Morgan fingerprint density at radius 3 is 3.00 bits per heavy atom. The highest BCUT2D eigenvalue weighted by molar-refractivity contribution is 5.58. The van der Waals surface area contributed by atoms with Gasteiger partial charge in [0.2, 0.25) is 0 Å². The zero-order valence-electron chi connectivity index (χ0n) is 12.2. The molecule has 0 amide bonds. The number of hydrogen-bond acceptors (Lipinski definition) is 5. The number of nitrogens with zero attached hydrogens (tertiary/aromatic N) is 4. The number of hydrogen-bond donors (Lipinski definition) is 1. The Labute approximate surface area is 123 Å². The molecule has 1 aromatic carbocycles. The van der Waals surface area contributed by atoms with Gasteiger partial charge in [-0.15, -0.1) is 0 Å². The molecule has 1 heterocycles. The quantitative estimate of drug-likeness (QED) is 0.623. The van der Waals surface area contributed by atoms with Gasteiger partial charge in [0.25, 0.3) is 5.69 Å². The van der Waals surface area contributed by atoms with E-state index in [-0.39, 0.29) is 5.69 Å². The van der Waals surface area contributed by atoms with Crippen LogP contribution in [-0.2, 0) is 6.54 Å². The van der Waals surface area contributed by atoms with Crippen molar-refractivity contribution in [2.45, 2.75) is 20.4 Å². The molecule has 0 aliphatic rings. The molecule has 7 nitrogen and oxygen atoms in total. The first kappa shape index (κ1) is 15.1. The zero-order chi connectivity index (χ0) is 15.2. The van der Waals surface area contributed by atoms with Crippen LogP contribution in [0.3, 0.4) is 0 Å². The van der Waals surface area contributed by atoms with Crippen molar-refractivity contribution in [1.29, 1.82) is 0 Å². The number of nitrogens with one attached hydrogen (secondary N) is 1. The van der Waals surface area contributed by atoms with Crippen molar-refractivity contribution < 1.29 is 4.92 Å². The van der Waals surface area contributed by atoms with Gasteiger partial charge in [-0.2, -0.15) is 5.10 Å². The molecule has 7 heteroatoms. The van der Waals surface area contributed by atoms with Gasteiger partial charge in [-0.05, 0) is 19.0 Å². The molecule has 0 aliphatic heterocycles. The predicted molar refractivity (Wildman–Crippen MR) is 79.8 cm³/mol. The second-order valence-electron chi connectivity index (χ2n) is 5.01. The van der Waals surface area contributed by atoms with Gasteiger partial charge in [-0.25, -0.2) is 4.98 Å². The summed E-state index contributed by atoms with van der Waals surface area (Å²) in [6, 6.07) is 6.36. The van der Waals surface area contributed by atoms with Gasteiger partial charge in [0, 0.05) is 24.2 Å². The molecule has 0 bridgehead atoms. The molecule has 1 atom stereocenters. The molecule has 2 aromatic rings. The van der Waals surface area contributed by atoms with E-state index >= 15 is 0 Å². The van der Waals surface area contributed by atoms with Crippen LogP contribution >= 0.6 is 0 Å². The maximum absolute atomic E-state index is 10.8. The summed E-state index contributed by atoms with van der Waals surface area (Å²) in [7, 11) is 0. The second kappa shape index (κ2) is 6.94. The van der Waals surface area contributed by atoms with E-state index in [1.807, 2.05) is 0 Å². The molecule has 0 fully saturated rings. The Bertz CT molecular complexity index is 611. The lowest BCUT2D eigenvalue weighted by Gasteiger charge is -2.10. The van der Waals surface area contributed by atoms with Crippen LogP contribution in [0.4, 0.5) is 5.69 Å². The number of rotatable bonds is 7. The lowest BCUT2D eigenvalue weighted by atomic mass is 10.2. The van der Waals surface area contributed by atoms with Gasteiger partial charge in [0.15, 0.2) is 5.82 Å². The normalized spacial score (nSPS) is 12.3. The van der Waals surface area contributed by atoms with Crippen molar-refractivity contribution in [2.24, 2.45) is 5.92 Å². The van der Waals surface area contributed by atoms with Gasteiger partial charge in [0.1, 0.15) is 6.33 Å². The molecular weight excluding hydrogens is 270 g/mol. The van der Waals surface area contributed by atoms with Crippen molar-refractivity contribution in [2.75, 3.05) is 13.1 Å². The summed E-state index contributed by atoms with van der Waals surface area (Å²) in [5.74, 6) is 0.943. The summed E-state index contributed by atoms with van der Waals surface area (Å²) in [6.45, 7) is 6.83. The standard InChI is InChI=1S/C14H19N5O2/c1-3-15-8-11(2)9-18-10-16-14(17-18)12-5-4-6-13(7-12)19(20)21/h4-7,10-11,15H,3,8-9H2,1-2H3. The summed E-state index contributed by atoms with van der Waals surface area (Å²) in [5.41, 5.74) is 0.701. The van der Waals surface area contributed by atoms with Crippen LogP contribution in [0.15, 0.2) is 30.6 Å². The molecule has 1 N–H and O–H groups in total. The van der Waals surface area contributed by atoms with Crippen molar-refractivity contribution in [3.63, 3.8) is 0 Å². The molecular formula is C14H19N5O2. The van der Waals surface area contributed by atoms with Gasteiger partial charge in [-0.3, -0.25) is 14.8 Å². The van der Waals surface area contributed by atoms with Gasteiger partial charge in [0.05, 0.1) is 4.92 Å². The number of nitro benzene ring substituents is 1. The van der Waals surface area contributed by atoms with Crippen molar-refractivity contribution >= 4 is 5.69 Å². The molecule has 21 heavy (non-hydrogen) atoms. The minimum atomic E-state index is -0.418. The molecule has 0 aliphatic carbocycles. The largest absolute Gasteiger partial charge is 0.317 e. The van der Waals surface area contributed by atoms with E-state index < -0.39 is 4.92 Å². The Balaban J connectivity index is 2.09. The van der Waals surface area contributed by atoms with E-state index in [0.717, 1.165) is 19.6 Å². The van der Waals surface area contributed by atoms with Crippen LogP contribution < -0.4 is 5.32 Å². The first-order valence-corrected chi connectivity index (χ1v) is 6.95. The van der Waals surface area contributed by atoms with Crippen LogP contribution in [0.25, 0.3) is 11.4 Å². The number of nitro groups is 1. The first-order valence-electron chi connectivity index (χ1n) is 6.95. The van der Waals surface area contributed by atoms with Crippen molar-refractivity contribution in [1.82, 2.24) is 20.1 Å². The highest BCUT2D eigenvalue weighted by Crippen LogP contribution is 2.20. The number of benzene rings is 1. The van der Waals surface area contributed by atoms with Crippen LogP contribution in [0.2, 0.25) is 0 Å². The lowest BCUT2D eigenvalue weighted by Crippen LogP contribution is -2.24. The van der Waals surface area contributed by atoms with Gasteiger partial charge in [-0.1, -0.05) is 26.0 Å². The minimum absolute atomic E-state index is 0.0457. The van der Waals surface area contributed by atoms with E-state index in [1.54, 1.807) is 23.1 Å². The Hall–Kier alpha value is -2.28. The fourth-order valence-corrected chi connectivity index (χ4v) is 2.05. The molecule has 1 unspecified atom stereocenters. The number of aromatic nitrogens is 3. The molecule has 0 radical (unpaired) electrons. The molecule has 2 rings (SSSR count). The Morgan fingerprint density at radius 1 is 1.48 bits per heavy atom. The summed E-state index contributed by atoms with van der Waals surface area (Å²) in [6.07, 6.45) is 1.66. The van der Waals surface area contributed by atoms with Crippen LogP contribution in [0.1, 0.15) is 13.8 Å². The van der Waals surface area contributed by atoms with Gasteiger partial charge >= 0.3 is 0 Å². The fraction of sp³-hybridized carbons (Fsp3) is 0.429. The summed E-state index contributed by atoms with van der Waals surface area (Å²) in [5, 5.41) is 18.5. The van der Waals surface area contributed by atoms with Crippen molar-refractivity contribution in [3.05, 3.63) is 40.7 Å². The average molecular weight is 289 g/mol. The molecule has 0 saturated heterocycles. The topological polar surface area (TPSA) is 85.9 Å². The zero-order valence-corrected chi connectivity index (χ0v) is 12.2. The van der Waals surface area contributed by atoms with Gasteiger partial charge < -0.3 is 5.32 Å². The van der Waals surface area contributed by atoms with Crippen molar-refractivity contribution in [3.8, 4) is 11.4 Å². The molecule has 112 valence electrons. The van der Waals surface area contributed by atoms with E-state index in [2.05, 4.69) is 29.2 Å². The predicted octanol–water partition coefficient (Wildman–Crippen LogP) is 2.10. The smallest absolute Gasteiger partial charge is 0.270 e. The third-order valence-electron chi connectivity index (χ3n) is 3.09. The molecule has 0 saturated carbocycles. The molecule has 1 aromatic heterocycles. The first-order chi connectivity index (χ1) is 10.1.